The van der Waals surface area contributed by atoms with Crippen molar-refractivity contribution < 1.29 is 9.47 Å². The normalized spacial score (nSPS) is 15.4. The number of rotatable bonds is 8. The number of methoxy groups -OCH3 is 2. The van der Waals surface area contributed by atoms with Gasteiger partial charge in [0.1, 0.15) is 11.5 Å². The zero-order chi connectivity index (χ0) is 18.6. The smallest absolute Gasteiger partial charge is 0.191 e. The second-order valence-corrected chi connectivity index (χ2v) is 6.56. The van der Waals surface area contributed by atoms with Gasteiger partial charge in [0, 0.05) is 31.3 Å². The van der Waals surface area contributed by atoms with Crippen molar-refractivity contribution in [3.8, 4) is 11.5 Å². The van der Waals surface area contributed by atoms with Crippen molar-refractivity contribution in [2.24, 2.45) is 4.99 Å². The zero-order valence-corrected chi connectivity index (χ0v) is 19.3. The highest BCUT2D eigenvalue weighted by Crippen LogP contribution is 2.25. The van der Waals surface area contributed by atoms with E-state index in [9.17, 15) is 0 Å². The first kappa shape index (κ1) is 23.8. The molecule has 0 spiro atoms. The number of benzene rings is 1. The largest absolute Gasteiger partial charge is 0.497 e. The van der Waals surface area contributed by atoms with E-state index in [1.54, 1.807) is 14.2 Å². The SMILES string of the molecule is CCNC(=NCc1ccc(OC)cc1OC)NCCN1CCCCCC1.I. The van der Waals surface area contributed by atoms with E-state index in [1.807, 2.05) is 18.2 Å². The Kier molecular flexibility index (Phi) is 12.2. The average molecular weight is 490 g/mol. The van der Waals surface area contributed by atoms with Gasteiger partial charge in [-0.3, -0.25) is 0 Å². The highest BCUT2D eigenvalue weighted by molar-refractivity contribution is 14.0. The molecular formula is C20H35IN4O2. The van der Waals surface area contributed by atoms with E-state index in [1.165, 1.54) is 38.8 Å². The standard InChI is InChI=1S/C20H34N4O2.HI/c1-4-21-20(22-11-14-24-12-7-5-6-8-13-24)23-16-17-9-10-18(25-2)15-19(17)26-3;/h9-10,15H,4-8,11-14,16H2,1-3H3,(H2,21,22,23);1H. The van der Waals surface area contributed by atoms with Crippen molar-refractivity contribution in [3.63, 3.8) is 0 Å². The Morgan fingerprint density at radius 1 is 1.07 bits per heavy atom. The molecule has 6 nitrogen and oxygen atoms in total. The first-order valence-corrected chi connectivity index (χ1v) is 9.72. The van der Waals surface area contributed by atoms with E-state index in [4.69, 9.17) is 14.5 Å². The van der Waals surface area contributed by atoms with Crippen LogP contribution in [-0.2, 0) is 6.54 Å². The van der Waals surface area contributed by atoms with Crippen LogP contribution in [0.1, 0.15) is 38.2 Å². The second kappa shape index (κ2) is 13.9. The molecule has 1 aromatic carbocycles. The van der Waals surface area contributed by atoms with Crippen molar-refractivity contribution in [2.75, 3.05) is 46.9 Å². The summed E-state index contributed by atoms with van der Waals surface area (Å²) in [5.41, 5.74) is 1.04. The van der Waals surface area contributed by atoms with Crippen LogP contribution in [0, 0.1) is 0 Å². The summed E-state index contributed by atoms with van der Waals surface area (Å²) >= 11 is 0. The molecule has 0 aliphatic carbocycles. The van der Waals surface area contributed by atoms with Crippen molar-refractivity contribution in [3.05, 3.63) is 23.8 Å². The van der Waals surface area contributed by atoms with Gasteiger partial charge in [0.05, 0.1) is 20.8 Å². The maximum atomic E-state index is 5.46. The van der Waals surface area contributed by atoms with Crippen LogP contribution in [0.5, 0.6) is 11.5 Å². The molecule has 0 amide bonds. The van der Waals surface area contributed by atoms with Crippen molar-refractivity contribution >= 4 is 29.9 Å². The predicted molar refractivity (Wildman–Crippen MR) is 123 cm³/mol. The number of likely N-dealkylation sites (tertiary alicyclic amines) is 1. The highest BCUT2D eigenvalue weighted by atomic mass is 127. The molecule has 154 valence electrons. The number of ether oxygens (including phenoxy) is 2. The van der Waals surface area contributed by atoms with Gasteiger partial charge >= 0.3 is 0 Å². The Morgan fingerprint density at radius 2 is 1.81 bits per heavy atom. The number of nitrogens with zero attached hydrogens (tertiary/aromatic N) is 2. The lowest BCUT2D eigenvalue weighted by molar-refractivity contribution is 0.289. The fourth-order valence-electron chi connectivity index (χ4n) is 3.18. The van der Waals surface area contributed by atoms with Crippen LogP contribution in [0.2, 0.25) is 0 Å². The van der Waals surface area contributed by atoms with Crippen LogP contribution in [-0.4, -0.2) is 57.8 Å². The monoisotopic (exact) mass is 490 g/mol. The number of halogens is 1. The maximum absolute atomic E-state index is 5.46. The quantitative estimate of drug-likeness (QED) is 0.333. The average Bonchev–Trinajstić information content (AvgIpc) is 2.94. The lowest BCUT2D eigenvalue weighted by Crippen LogP contribution is -2.41. The second-order valence-electron chi connectivity index (χ2n) is 6.56. The van der Waals surface area contributed by atoms with Crippen LogP contribution in [0.3, 0.4) is 0 Å². The topological polar surface area (TPSA) is 58.1 Å². The van der Waals surface area contributed by atoms with Crippen molar-refractivity contribution in [1.82, 2.24) is 15.5 Å². The summed E-state index contributed by atoms with van der Waals surface area (Å²) in [4.78, 5) is 7.26. The molecule has 0 radical (unpaired) electrons. The molecule has 2 N–H and O–H groups in total. The summed E-state index contributed by atoms with van der Waals surface area (Å²) < 4.78 is 10.7. The van der Waals surface area contributed by atoms with Gasteiger partial charge in [-0.05, 0) is 45.0 Å². The molecule has 1 heterocycles. The highest BCUT2D eigenvalue weighted by Gasteiger charge is 2.09. The maximum Gasteiger partial charge on any atom is 0.191 e. The van der Waals surface area contributed by atoms with Gasteiger partial charge in [0.15, 0.2) is 5.96 Å². The van der Waals surface area contributed by atoms with Crippen LogP contribution in [0.25, 0.3) is 0 Å². The Labute approximate surface area is 181 Å². The molecular weight excluding hydrogens is 455 g/mol. The molecule has 0 atom stereocenters. The van der Waals surface area contributed by atoms with Crippen LogP contribution in [0.15, 0.2) is 23.2 Å². The van der Waals surface area contributed by atoms with Gasteiger partial charge in [-0.1, -0.05) is 12.8 Å². The van der Waals surface area contributed by atoms with Gasteiger partial charge in [-0.15, -0.1) is 24.0 Å². The first-order valence-electron chi connectivity index (χ1n) is 9.72. The van der Waals surface area contributed by atoms with E-state index in [-0.39, 0.29) is 24.0 Å². The van der Waals surface area contributed by atoms with Crippen molar-refractivity contribution in [1.29, 1.82) is 0 Å². The molecule has 1 aromatic rings. The van der Waals surface area contributed by atoms with Gasteiger partial charge in [-0.2, -0.15) is 0 Å². The number of nitrogens with one attached hydrogen (secondary N) is 2. The lowest BCUT2D eigenvalue weighted by Gasteiger charge is -2.20. The number of aliphatic imine (C=N–C) groups is 1. The van der Waals surface area contributed by atoms with Crippen LogP contribution in [0.4, 0.5) is 0 Å². The van der Waals surface area contributed by atoms with E-state index >= 15 is 0 Å². The van der Waals surface area contributed by atoms with Gasteiger partial charge in [0.2, 0.25) is 0 Å². The molecule has 0 aromatic heterocycles. The predicted octanol–water partition coefficient (Wildman–Crippen LogP) is 3.25. The summed E-state index contributed by atoms with van der Waals surface area (Å²) in [7, 11) is 3.33. The fourth-order valence-corrected chi connectivity index (χ4v) is 3.18. The van der Waals surface area contributed by atoms with E-state index in [2.05, 4.69) is 22.5 Å². The Hall–Kier alpha value is -1.22. The molecule has 1 aliphatic rings. The third-order valence-corrected chi connectivity index (χ3v) is 4.67. The summed E-state index contributed by atoms with van der Waals surface area (Å²) in [6.45, 7) is 7.90. The van der Waals surface area contributed by atoms with Gasteiger partial charge in [-0.25, -0.2) is 4.99 Å². The summed E-state index contributed by atoms with van der Waals surface area (Å²) in [6.07, 6.45) is 5.40. The molecule has 0 bridgehead atoms. The summed E-state index contributed by atoms with van der Waals surface area (Å²) in [6, 6.07) is 5.83. The summed E-state index contributed by atoms with van der Waals surface area (Å²) in [5, 5.41) is 6.77. The molecule has 7 heteroatoms. The third-order valence-electron chi connectivity index (χ3n) is 4.67. The molecule has 2 rings (SSSR count). The fraction of sp³-hybridized carbons (Fsp3) is 0.650. The third kappa shape index (κ3) is 8.55. The molecule has 1 saturated heterocycles. The molecule has 27 heavy (non-hydrogen) atoms. The Balaban J connectivity index is 0.00000364. The summed E-state index contributed by atoms with van der Waals surface area (Å²) in [5.74, 6) is 2.44. The minimum atomic E-state index is 0. The minimum Gasteiger partial charge on any atom is -0.497 e. The number of hydrogen-bond donors (Lipinski definition) is 2. The van der Waals surface area contributed by atoms with Crippen LogP contribution >= 0.6 is 24.0 Å². The molecule has 0 saturated carbocycles. The van der Waals surface area contributed by atoms with Crippen molar-refractivity contribution in [2.45, 2.75) is 39.2 Å². The van der Waals surface area contributed by atoms with Gasteiger partial charge in [0.25, 0.3) is 0 Å². The molecule has 1 aliphatic heterocycles. The molecule has 0 unspecified atom stereocenters. The zero-order valence-electron chi connectivity index (χ0n) is 16.9. The lowest BCUT2D eigenvalue weighted by atomic mass is 10.2. The van der Waals surface area contributed by atoms with Gasteiger partial charge < -0.3 is 25.0 Å². The molecule has 1 fully saturated rings. The Bertz CT molecular complexity index is 561. The number of guanidine groups is 1. The van der Waals surface area contributed by atoms with E-state index in [0.717, 1.165) is 42.7 Å². The van der Waals surface area contributed by atoms with E-state index in [0.29, 0.717) is 6.54 Å². The number of hydrogen-bond acceptors (Lipinski definition) is 4. The minimum absolute atomic E-state index is 0. The van der Waals surface area contributed by atoms with Crippen LogP contribution < -0.4 is 20.1 Å². The first-order chi connectivity index (χ1) is 12.8. The Morgan fingerprint density at radius 3 is 2.44 bits per heavy atom. The van der Waals surface area contributed by atoms with E-state index < -0.39 is 0 Å².